The highest BCUT2D eigenvalue weighted by atomic mass is 79.9. The highest BCUT2D eigenvalue weighted by molar-refractivity contribution is 9.12. The molecule has 1 heterocycles. The van der Waals surface area contributed by atoms with Crippen molar-refractivity contribution in [1.29, 1.82) is 0 Å². The van der Waals surface area contributed by atoms with E-state index in [4.69, 9.17) is 0 Å². The van der Waals surface area contributed by atoms with E-state index in [-0.39, 0.29) is 10.2 Å². The molecule has 0 fully saturated rings. The van der Waals surface area contributed by atoms with Gasteiger partial charge in [0.2, 0.25) is 5.44 Å². The third-order valence-corrected chi connectivity index (χ3v) is 3.79. The van der Waals surface area contributed by atoms with Gasteiger partial charge in [-0.05, 0) is 22.0 Å². The van der Waals surface area contributed by atoms with Crippen LogP contribution in [0.4, 0.5) is 0 Å². The lowest BCUT2D eigenvalue weighted by atomic mass is 10.6. The van der Waals surface area contributed by atoms with Crippen LogP contribution in [0.2, 0.25) is 0 Å². The zero-order valence-electron chi connectivity index (χ0n) is 6.28. The zero-order chi connectivity index (χ0) is 9.35. The molecule has 0 aromatic carbocycles. The molecule has 1 unspecified atom stereocenters. The first kappa shape index (κ1) is 9.73. The topological polar surface area (TPSA) is 60.4 Å². The summed E-state index contributed by atoms with van der Waals surface area (Å²) in [7, 11) is -3.31. The Morgan fingerprint density at radius 1 is 1.67 bits per heavy atom. The summed E-state index contributed by atoms with van der Waals surface area (Å²) < 4.78 is 27.0. The number of carbonyl (C=O) groups is 1. The maximum absolute atomic E-state index is 11.2. The van der Waals surface area contributed by atoms with Gasteiger partial charge in [-0.2, -0.15) is 0 Å². The molecule has 68 valence electrons. The van der Waals surface area contributed by atoms with Gasteiger partial charge >= 0.3 is 5.97 Å². The van der Waals surface area contributed by atoms with E-state index in [9.17, 15) is 13.2 Å². The molecule has 0 radical (unpaired) electrons. The van der Waals surface area contributed by atoms with Crippen molar-refractivity contribution < 1.29 is 17.9 Å². The Hall–Kier alpha value is -0.360. The summed E-state index contributed by atoms with van der Waals surface area (Å²) in [4.78, 5) is 10.7. The maximum Gasteiger partial charge on any atom is 0.346 e. The van der Waals surface area contributed by atoms with E-state index < -0.39 is 21.2 Å². The summed E-state index contributed by atoms with van der Waals surface area (Å²) in [6.07, 6.45) is 1.25. The molecule has 1 atom stereocenters. The number of hydrogen-bond donors (Lipinski definition) is 0. The van der Waals surface area contributed by atoms with Crippen LogP contribution in [0.1, 0.15) is 6.92 Å². The van der Waals surface area contributed by atoms with Crippen LogP contribution in [0, 0.1) is 0 Å². The average molecular weight is 255 g/mol. The molecule has 1 aliphatic heterocycles. The molecule has 12 heavy (non-hydrogen) atoms. The van der Waals surface area contributed by atoms with Crippen LogP contribution < -0.4 is 0 Å². The summed E-state index contributed by atoms with van der Waals surface area (Å²) >= 11 is 2.89. The number of halogens is 1. The van der Waals surface area contributed by atoms with Crippen LogP contribution in [-0.4, -0.2) is 25.6 Å². The molecule has 0 saturated carbocycles. The van der Waals surface area contributed by atoms with Crippen molar-refractivity contribution >= 4 is 31.7 Å². The van der Waals surface area contributed by atoms with Crippen LogP contribution >= 0.6 is 15.9 Å². The standard InChI is InChI=1S/C6H7BrO4S/c1-2-12(9,10)5-3-4(7)6(8)11-5/h3,5H,2H2,1H3. The minimum absolute atomic E-state index is 0.0400. The molecule has 0 aliphatic carbocycles. The van der Waals surface area contributed by atoms with Crippen LogP contribution in [0.15, 0.2) is 10.6 Å². The fourth-order valence-corrected chi connectivity index (χ4v) is 2.14. The van der Waals surface area contributed by atoms with Gasteiger partial charge in [0, 0.05) is 0 Å². The van der Waals surface area contributed by atoms with Crippen LogP contribution in [0.3, 0.4) is 0 Å². The van der Waals surface area contributed by atoms with Gasteiger partial charge in [0.1, 0.15) is 4.48 Å². The van der Waals surface area contributed by atoms with E-state index in [1.54, 1.807) is 0 Å². The van der Waals surface area contributed by atoms with Gasteiger partial charge in [-0.1, -0.05) is 6.92 Å². The Morgan fingerprint density at radius 3 is 2.58 bits per heavy atom. The molecular weight excluding hydrogens is 248 g/mol. The molecular formula is C6H7BrO4S. The van der Waals surface area contributed by atoms with E-state index in [0.29, 0.717) is 0 Å². The largest absolute Gasteiger partial charge is 0.438 e. The molecule has 0 spiro atoms. The highest BCUT2D eigenvalue weighted by Crippen LogP contribution is 2.22. The van der Waals surface area contributed by atoms with E-state index >= 15 is 0 Å². The lowest BCUT2D eigenvalue weighted by Crippen LogP contribution is -2.22. The first-order valence-electron chi connectivity index (χ1n) is 3.27. The van der Waals surface area contributed by atoms with E-state index in [1.807, 2.05) is 0 Å². The number of ether oxygens (including phenoxy) is 1. The molecule has 0 N–H and O–H groups in total. The van der Waals surface area contributed by atoms with E-state index in [0.717, 1.165) is 0 Å². The fourth-order valence-electron chi connectivity index (χ4n) is 0.725. The van der Waals surface area contributed by atoms with Gasteiger partial charge in [-0.25, -0.2) is 13.2 Å². The van der Waals surface area contributed by atoms with Gasteiger partial charge in [0.05, 0.1) is 5.75 Å². The fraction of sp³-hybridized carbons (Fsp3) is 0.500. The van der Waals surface area contributed by atoms with Crippen LogP contribution in [-0.2, 0) is 19.4 Å². The number of rotatable bonds is 2. The predicted octanol–water partition coefficient (Wildman–Crippen LogP) is 0.583. The number of cyclic esters (lactones) is 1. The summed E-state index contributed by atoms with van der Waals surface area (Å²) in [5.41, 5.74) is -1.11. The first-order chi connectivity index (χ1) is 5.47. The predicted molar refractivity (Wildman–Crippen MR) is 46.4 cm³/mol. The van der Waals surface area contributed by atoms with Crippen molar-refractivity contribution in [2.75, 3.05) is 5.75 Å². The summed E-state index contributed by atoms with van der Waals surface area (Å²) in [5, 5.41) is 0. The molecule has 1 rings (SSSR count). The average Bonchev–Trinajstić information content (AvgIpc) is 2.33. The molecule has 0 aromatic rings. The van der Waals surface area contributed by atoms with Gasteiger partial charge in [-0.15, -0.1) is 0 Å². The van der Waals surface area contributed by atoms with Gasteiger partial charge < -0.3 is 4.74 Å². The SMILES string of the molecule is CCS(=O)(=O)C1C=C(Br)C(=O)O1. The lowest BCUT2D eigenvalue weighted by molar-refractivity contribution is -0.136. The molecule has 0 saturated heterocycles. The maximum atomic E-state index is 11.2. The Bertz CT molecular complexity index is 329. The molecule has 6 heteroatoms. The minimum Gasteiger partial charge on any atom is -0.438 e. The molecule has 0 amide bonds. The summed E-state index contributed by atoms with van der Waals surface area (Å²) in [5.74, 6) is -0.668. The van der Waals surface area contributed by atoms with Crippen molar-refractivity contribution in [3.05, 3.63) is 10.6 Å². The second-order valence-electron chi connectivity index (χ2n) is 2.24. The molecule has 4 nitrogen and oxygen atoms in total. The number of hydrogen-bond acceptors (Lipinski definition) is 4. The van der Waals surface area contributed by atoms with Crippen molar-refractivity contribution in [3.63, 3.8) is 0 Å². The molecule has 0 aromatic heterocycles. The molecule has 0 bridgehead atoms. The number of esters is 1. The van der Waals surface area contributed by atoms with Crippen LogP contribution in [0.5, 0.6) is 0 Å². The van der Waals surface area contributed by atoms with Crippen molar-refractivity contribution in [2.24, 2.45) is 0 Å². The van der Waals surface area contributed by atoms with Crippen molar-refractivity contribution in [3.8, 4) is 0 Å². The van der Waals surface area contributed by atoms with Gasteiger partial charge in [-0.3, -0.25) is 0 Å². The Morgan fingerprint density at radius 2 is 2.25 bits per heavy atom. The number of sulfone groups is 1. The highest BCUT2D eigenvalue weighted by Gasteiger charge is 2.32. The Kier molecular flexibility index (Phi) is 2.58. The minimum atomic E-state index is -3.31. The second-order valence-corrected chi connectivity index (χ2v) is 5.46. The quantitative estimate of drug-likeness (QED) is 0.677. The van der Waals surface area contributed by atoms with Gasteiger partial charge in [0.15, 0.2) is 9.84 Å². The molecule has 1 aliphatic rings. The van der Waals surface area contributed by atoms with Crippen LogP contribution in [0.25, 0.3) is 0 Å². The summed E-state index contributed by atoms with van der Waals surface area (Å²) in [6.45, 7) is 1.50. The monoisotopic (exact) mass is 254 g/mol. The smallest absolute Gasteiger partial charge is 0.346 e. The van der Waals surface area contributed by atoms with Crippen molar-refractivity contribution in [1.82, 2.24) is 0 Å². The normalized spacial score (nSPS) is 23.7. The summed E-state index contributed by atoms with van der Waals surface area (Å²) in [6, 6.07) is 0. The third-order valence-electron chi connectivity index (χ3n) is 1.46. The third kappa shape index (κ3) is 1.69. The van der Waals surface area contributed by atoms with E-state index in [2.05, 4.69) is 20.7 Å². The Labute approximate surface area is 78.6 Å². The first-order valence-corrected chi connectivity index (χ1v) is 5.78. The number of carbonyl (C=O) groups excluding carboxylic acids is 1. The second kappa shape index (κ2) is 3.18. The lowest BCUT2D eigenvalue weighted by Gasteiger charge is -2.06. The zero-order valence-corrected chi connectivity index (χ0v) is 8.68. The Balaban J connectivity index is 2.91. The van der Waals surface area contributed by atoms with E-state index in [1.165, 1.54) is 13.0 Å². The van der Waals surface area contributed by atoms with Crippen molar-refractivity contribution in [2.45, 2.75) is 12.4 Å². The van der Waals surface area contributed by atoms with Gasteiger partial charge in [0.25, 0.3) is 0 Å².